The summed E-state index contributed by atoms with van der Waals surface area (Å²) in [5, 5.41) is 13.9. The van der Waals surface area contributed by atoms with Crippen molar-refractivity contribution in [2.45, 2.75) is 19.8 Å². The Morgan fingerprint density at radius 3 is 2.90 bits per heavy atom. The molecule has 110 valence electrons. The summed E-state index contributed by atoms with van der Waals surface area (Å²) in [7, 11) is 0. The summed E-state index contributed by atoms with van der Waals surface area (Å²) < 4.78 is 5.08. The van der Waals surface area contributed by atoms with Gasteiger partial charge in [-0.15, -0.1) is 0 Å². The van der Waals surface area contributed by atoms with Gasteiger partial charge in [-0.05, 0) is 25.6 Å². The molecule has 0 radical (unpaired) electrons. The number of benzene rings is 1. The van der Waals surface area contributed by atoms with E-state index in [1.165, 1.54) is 12.1 Å². The van der Waals surface area contributed by atoms with Crippen LogP contribution in [0.5, 0.6) is 0 Å². The quantitative estimate of drug-likeness (QED) is 0.523. The second kappa shape index (κ2) is 6.21. The first-order chi connectivity index (χ1) is 10.0. The van der Waals surface area contributed by atoms with E-state index in [2.05, 4.69) is 5.32 Å². The van der Waals surface area contributed by atoms with Crippen molar-refractivity contribution >= 4 is 11.7 Å². The van der Waals surface area contributed by atoms with Gasteiger partial charge < -0.3 is 10.1 Å². The van der Waals surface area contributed by atoms with E-state index >= 15 is 0 Å². The Bertz CT molecular complexity index is 634. The first kappa shape index (κ1) is 14.8. The van der Waals surface area contributed by atoms with Crippen molar-refractivity contribution in [3.05, 3.63) is 63.5 Å². The van der Waals surface area contributed by atoms with E-state index in [0.717, 1.165) is 0 Å². The van der Waals surface area contributed by atoms with Gasteiger partial charge in [0.25, 0.3) is 5.69 Å². The minimum Gasteiger partial charge on any atom is -0.463 e. The summed E-state index contributed by atoms with van der Waals surface area (Å²) in [6, 6.07) is 6.28. The van der Waals surface area contributed by atoms with Crippen LogP contribution in [0.25, 0.3) is 0 Å². The van der Waals surface area contributed by atoms with Gasteiger partial charge >= 0.3 is 5.97 Å². The molecule has 1 atom stereocenters. The molecule has 0 saturated carbocycles. The lowest BCUT2D eigenvalue weighted by molar-refractivity contribution is -0.384. The first-order valence-corrected chi connectivity index (χ1v) is 6.60. The highest BCUT2D eigenvalue weighted by Gasteiger charge is 2.27. The molecule has 0 saturated heterocycles. The molecule has 1 heterocycles. The van der Waals surface area contributed by atoms with E-state index in [1.54, 1.807) is 38.3 Å². The highest BCUT2D eigenvalue weighted by molar-refractivity contribution is 5.92. The molecule has 1 aromatic rings. The molecule has 0 fully saturated rings. The van der Waals surface area contributed by atoms with Gasteiger partial charge in [-0.1, -0.05) is 18.2 Å². The van der Waals surface area contributed by atoms with Crippen molar-refractivity contribution < 1.29 is 14.5 Å². The molecule has 0 bridgehead atoms. The summed E-state index contributed by atoms with van der Waals surface area (Å²) >= 11 is 0. The number of hydrogen-bond acceptors (Lipinski definition) is 5. The normalized spacial score (nSPS) is 17.3. The van der Waals surface area contributed by atoms with Crippen LogP contribution in [0.2, 0.25) is 0 Å². The molecule has 1 aliphatic rings. The van der Waals surface area contributed by atoms with Crippen LogP contribution in [0.15, 0.2) is 47.8 Å². The van der Waals surface area contributed by atoms with Gasteiger partial charge in [0.1, 0.15) is 0 Å². The van der Waals surface area contributed by atoms with Crippen molar-refractivity contribution in [3.8, 4) is 0 Å². The Morgan fingerprint density at radius 2 is 2.24 bits per heavy atom. The van der Waals surface area contributed by atoms with Gasteiger partial charge in [0.2, 0.25) is 0 Å². The molecular weight excluding hydrogens is 272 g/mol. The fraction of sp³-hybridized carbons (Fsp3) is 0.267. The Morgan fingerprint density at radius 1 is 1.48 bits per heavy atom. The van der Waals surface area contributed by atoms with Crippen molar-refractivity contribution in [2.75, 3.05) is 6.61 Å². The highest BCUT2D eigenvalue weighted by atomic mass is 16.6. The van der Waals surface area contributed by atoms with Crippen LogP contribution in [0.3, 0.4) is 0 Å². The summed E-state index contributed by atoms with van der Waals surface area (Å²) in [6.45, 7) is 3.79. The molecule has 6 heteroatoms. The van der Waals surface area contributed by atoms with Crippen LogP contribution in [0.4, 0.5) is 5.69 Å². The number of esters is 1. The van der Waals surface area contributed by atoms with E-state index in [9.17, 15) is 14.9 Å². The largest absolute Gasteiger partial charge is 0.463 e. The van der Waals surface area contributed by atoms with E-state index in [0.29, 0.717) is 16.8 Å². The Kier molecular flexibility index (Phi) is 4.37. The number of dihydropyridines is 1. The van der Waals surface area contributed by atoms with Crippen LogP contribution in [-0.4, -0.2) is 17.5 Å². The van der Waals surface area contributed by atoms with Crippen molar-refractivity contribution in [3.63, 3.8) is 0 Å². The number of ether oxygens (including phenoxy) is 1. The Labute approximate surface area is 122 Å². The second-order valence-electron chi connectivity index (χ2n) is 4.59. The molecule has 21 heavy (non-hydrogen) atoms. The third kappa shape index (κ3) is 3.10. The Hall–Kier alpha value is -2.63. The van der Waals surface area contributed by atoms with Gasteiger partial charge in [-0.2, -0.15) is 0 Å². The molecule has 6 nitrogen and oxygen atoms in total. The summed E-state index contributed by atoms with van der Waals surface area (Å²) in [4.78, 5) is 22.6. The topological polar surface area (TPSA) is 81.5 Å². The number of carbonyl (C=O) groups is 1. The molecule has 1 aromatic carbocycles. The van der Waals surface area contributed by atoms with Crippen molar-refractivity contribution in [1.29, 1.82) is 0 Å². The van der Waals surface area contributed by atoms with Gasteiger partial charge in [0, 0.05) is 23.7 Å². The molecule has 2 rings (SSSR count). The number of rotatable bonds is 4. The third-order valence-electron chi connectivity index (χ3n) is 3.24. The number of nitrogens with one attached hydrogen (secondary N) is 1. The molecule has 1 unspecified atom stereocenters. The maximum absolute atomic E-state index is 12.1. The average Bonchev–Trinajstić information content (AvgIpc) is 2.47. The number of nitrogens with zero attached hydrogens (tertiary/aromatic N) is 1. The van der Waals surface area contributed by atoms with Gasteiger partial charge in [0.15, 0.2) is 0 Å². The van der Waals surface area contributed by atoms with E-state index < -0.39 is 10.9 Å². The lowest BCUT2D eigenvalue weighted by Crippen LogP contribution is -2.23. The van der Waals surface area contributed by atoms with E-state index in [1.807, 2.05) is 0 Å². The number of hydrogen-bond donors (Lipinski definition) is 1. The number of carbonyl (C=O) groups excluding carboxylic acids is 1. The first-order valence-electron chi connectivity index (χ1n) is 6.60. The van der Waals surface area contributed by atoms with Gasteiger partial charge in [-0.25, -0.2) is 4.79 Å². The third-order valence-corrected chi connectivity index (χ3v) is 3.24. The number of nitro benzene ring substituents is 1. The van der Waals surface area contributed by atoms with E-state index in [4.69, 9.17) is 4.74 Å². The molecule has 0 aliphatic carbocycles. The smallest absolute Gasteiger partial charge is 0.336 e. The zero-order valence-corrected chi connectivity index (χ0v) is 11.8. The fourth-order valence-electron chi connectivity index (χ4n) is 2.28. The van der Waals surface area contributed by atoms with Crippen LogP contribution in [0, 0.1) is 10.1 Å². The number of allylic oxidation sites excluding steroid dienone is 2. The second-order valence-corrected chi connectivity index (χ2v) is 4.59. The summed E-state index contributed by atoms with van der Waals surface area (Å²) in [5.74, 6) is -0.770. The van der Waals surface area contributed by atoms with E-state index in [-0.39, 0.29) is 18.2 Å². The highest BCUT2D eigenvalue weighted by Crippen LogP contribution is 2.32. The lowest BCUT2D eigenvalue weighted by Gasteiger charge is -2.22. The predicted molar refractivity (Wildman–Crippen MR) is 77.4 cm³/mol. The maximum atomic E-state index is 12.1. The van der Waals surface area contributed by atoms with Crippen LogP contribution < -0.4 is 5.32 Å². The SMILES string of the molecule is CCOC(=O)C1=C(C)NC=CC1c1cccc([N+](=O)[O-])c1. The average molecular weight is 288 g/mol. The van der Waals surface area contributed by atoms with Gasteiger partial charge in [0.05, 0.1) is 17.1 Å². The molecular formula is C15H16N2O4. The lowest BCUT2D eigenvalue weighted by atomic mass is 9.88. The van der Waals surface area contributed by atoms with Crippen LogP contribution >= 0.6 is 0 Å². The maximum Gasteiger partial charge on any atom is 0.336 e. The molecule has 0 spiro atoms. The van der Waals surface area contributed by atoms with Crippen molar-refractivity contribution in [1.82, 2.24) is 5.32 Å². The standard InChI is InChI=1S/C15H16N2O4/c1-3-21-15(18)14-10(2)16-8-7-13(14)11-5-4-6-12(9-11)17(19)20/h4-9,13,16H,3H2,1-2H3. The van der Waals surface area contributed by atoms with Crippen molar-refractivity contribution in [2.24, 2.45) is 0 Å². The zero-order valence-electron chi connectivity index (χ0n) is 11.8. The molecule has 1 aliphatic heterocycles. The van der Waals surface area contributed by atoms with Crippen LogP contribution in [0.1, 0.15) is 25.3 Å². The Balaban J connectivity index is 2.43. The van der Waals surface area contributed by atoms with Gasteiger partial charge in [-0.3, -0.25) is 10.1 Å². The predicted octanol–water partition coefficient (Wildman–Crippen LogP) is 2.63. The summed E-state index contributed by atoms with van der Waals surface area (Å²) in [5.41, 5.74) is 1.84. The molecule has 0 aromatic heterocycles. The number of nitro groups is 1. The molecule has 1 N–H and O–H groups in total. The molecule has 0 amide bonds. The monoisotopic (exact) mass is 288 g/mol. The van der Waals surface area contributed by atoms with Crippen LogP contribution in [-0.2, 0) is 9.53 Å². The number of non-ortho nitro benzene ring substituents is 1. The zero-order chi connectivity index (χ0) is 15.4. The minimum absolute atomic E-state index is 0.000273. The minimum atomic E-state index is -0.450. The summed E-state index contributed by atoms with van der Waals surface area (Å²) in [6.07, 6.45) is 3.51. The fourth-order valence-corrected chi connectivity index (χ4v) is 2.28.